The lowest BCUT2D eigenvalue weighted by molar-refractivity contribution is -0.384. The number of benzene rings is 1. The van der Waals surface area contributed by atoms with Gasteiger partial charge in [0.2, 0.25) is 5.91 Å². The van der Waals surface area contributed by atoms with Crippen LogP contribution < -0.4 is 10.1 Å². The molecule has 1 aliphatic rings. The summed E-state index contributed by atoms with van der Waals surface area (Å²) in [5.41, 5.74) is 1.24. The number of methoxy groups -OCH3 is 1. The molecule has 1 atom stereocenters. The van der Waals surface area contributed by atoms with E-state index in [1.54, 1.807) is 17.4 Å². The number of carbonyl (C=O) groups excluding carboxylic acids is 1. The zero-order valence-corrected chi connectivity index (χ0v) is 18.1. The van der Waals surface area contributed by atoms with E-state index < -0.39 is 4.92 Å². The summed E-state index contributed by atoms with van der Waals surface area (Å²) in [4.78, 5) is 34.4. The molecule has 0 bridgehead atoms. The first-order valence-electron chi connectivity index (χ1n) is 9.46. The molecule has 2 aromatic heterocycles. The third kappa shape index (κ3) is 4.10. The van der Waals surface area contributed by atoms with E-state index in [1.165, 1.54) is 47.8 Å². The molecule has 3 aromatic rings. The van der Waals surface area contributed by atoms with Gasteiger partial charge < -0.3 is 10.1 Å². The van der Waals surface area contributed by atoms with Crippen LogP contribution in [0.2, 0.25) is 0 Å². The van der Waals surface area contributed by atoms with E-state index in [9.17, 15) is 14.9 Å². The molecule has 1 aromatic carbocycles. The lowest BCUT2D eigenvalue weighted by atomic mass is 9.89. The fourth-order valence-corrected chi connectivity index (χ4v) is 5.81. The van der Waals surface area contributed by atoms with Crippen molar-refractivity contribution in [3.63, 3.8) is 0 Å². The van der Waals surface area contributed by atoms with Crippen molar-refractivity contribution in [3.05, 3.63) is 45.1 Å². The molecular weight excluding hydrogens is 424 g/mol. The van der Waals surface area contributed by atoms with Crippen molar-refractivity contribution in [3.8, 4) is 5.75 Å². The first-order valence-corrected chi connectivity index (χ1v) is 11.3. The summed E-state index contributed by atoms with van der Waals surface area (Å²) in [5.74, 6) is 0.781. The van der Waals surface area contributed by atoms with Crippen molar-refractivity contribution in [1.82, 2.24) is 9.97 Å². The van der Waals surface area contributed by atoms with Gasteiger partial charge in [-0.25, -0.2) is 9.97 Å². The van der Waals surface area contributed by atoms with Gasteiger partial charge in [-0.2, -0.15) is 0 Å². The van der Waals surface area contributed by atoms with E-state index >= 15 is 0 Å². The number of aromatic nitrogens is 2. The monoisotopic (exact) mass is 444 g/mol. The quantitative estimate of drug-likeness (QED) is 0.259. The number of nitrogens with zero attached hydrogens (tertiary/aromatic N) is 3. The van der Waals surface area contributed by atoms with Gasteiger partial charge in [0.1, 0.15) is 27.6 Å². The molecule has 0 saturated heterocycles. The molecule has 4 rings (SSSR count). The first-order chi connectivity index (χ1) is 14.5. The lowest BCUT2D eigenvalue weighted by Gasteiger charge is -2.18. The molecule has 1 aliphatic carbocycles. The van der Waals surface area contributed by atoms with Gasteiger partial charge in [0.05, 0.1) is 23.9 Å². The molecule has 1 amide bonds. The van der Waals surface area contributed by atoms with Crippen LogP contribution in [0.15, 0.2) is 29.6 Å². The number of hydrogen-bond acceptors (Lipinski definition) is 8. The topological polar surface area (TPSA) is 107 Å². The number of thioether (sulfide) groups is 1. The zero-order chi connectivity index (χ0) is 21.3. The Labute approximate surface area is 181 Å². The Kier molecular flexibility index (Phi) is 5.87. The Morgan fingerprint density at radius 1 is 1.43 bits per heavy atom. The zero-order valence-electron chi connectivity index (χ0n) is 16.5. The number of thiophene rings is 1. The second-order valence-electron chi connectivity index (χ2n) is 7.19. The maximum Gasteiger partial charge on any atom is 0.296 e. The SMILES string of the molecule is COc1ccc(NC(=O)CSc2ncnc3sc4c(c23)CC[C@H](C)C4)c([N+](=O)[O-])c1. The number of ether oxygens (including phenoxy) is 1. The number of carbonyl (C=O) groups is 1. The molecule has 156 valence electrons. The fourth-order valence-electron chi connectivity index (χ4n) is 3.57. The highest BCUT2D eigenvalue weighted by molar-refractivity contribution is 8.00. The van der Waals surface area contributed by atoms with E-state index in [4.69, 9.17) is 4.74 Å². The van der Waals surface area contributed by atoms with Gasteiger partial charge in [0.15, 0.2) is 0 Å². The van der Waals surface area contributed by atoms with E-state index in [2.05, 4.69) is 22.2 Å². The van der Waals surface area contributed by atoms with Crippen LogP contribution in [0.4, 0.5) is 11.4 Å². The molecule has 30 heavy (non-hydrogen) atoms. The predicted molar refractivity (Wildman–Crippen MR) is 118 cm³/mol. The molecule has 0 spiro atoms. The number of aryl methyl sites for hydroxylation is 1. The van der Waals surface area contributed by atoms with E-state index in [-0.39, 0.29) is 23.0 Å². The van der Waals surface area contributed by atoms with Crippen LogP contribution in [0.25, 0.3) is 10.2 Å². The van der Waals surface area contributed by atoms with Crippen molar-refractivity contribution in [2.75, 3.05) is 18.2 Å². The van der Waals surface area contributed by atoms with Gasteiger partial charge in [-0.05, 0) is 42.9 Å². The number of hydrogen-bond donors (Lipinski definition) is 1. The van der Waals surface area contributed by atoms with E-state index in [0.29, 0.717) is 11.7 Å². The number of nitrogens with one attached hydrogen (secondary N) is 1. The smallest absolute Gasteiger partial charge is 0.296 e. The van der Waals surface area contributed by atoms with Crippen LogP contribution in [0.5, 0.6) is 5.75 Å². The van der Waals surface area contributed by atoms with Crippen molar-refractivity contribution in [2.45, 2.75) is 31.2 Å². The summed E-state index contributed by atoms with van der Waals surface area (Å²) in [6, 6.07) is 4.33. The fraction of sp³-hybridized carbons (Fsp3) is 0.350. The highest BCUT2D eigenvalue weighted by Gasteiger charge is 2.24. The van der Waals surface area contributed by atoms with Crippen LogP contribution in [0, 0.1) is 16.0 Å². The lowest BCUT2D eigenvalue weighted by Crippen LogP contribution is -2.15. The molecule has 0 saturated carbocycles. The van der Waals surface area contributed by atoms with Crippen molar-refractivity contribution >= 4 is 50.6 Å². The van der Waals surface area contributed by atoms with E-state index in [1.807, 2.05) is 0 Å². The Bertz CT molecular complexity index is 1130. The van der Waals surface area contributed by atoms with Crippen LogP contribution >= 0.6 is 23.1 Å². The van der Waals surface area contributed by atoms with Gasteiger partial charge in [-0.15, -0.1) is 11.3 Å². The van der Waals surface area contributed by atoms with Crippen molar-refractivity contribution in [1.29, 1.82) is 0 Å². The Morgan fingerprint density at radius 3 is 3.03 bits per heavy atom. The van der Waals surface area contributed by atoms with E-state index in [0.717, 1.165) is 34.5 Å². The van der Waals surface area contributed by atoms with Gasteiger partial charge in [0, 0.05) is 10.3 Å². The van der Waals surface area contributed by atoms with Gasteiger partial charge >= 0.3 is 0 Å². The average molecular weight is 445 g/mol. The number of fused-ring (bicyclic) bond motifs is 3. The van der Waals surface area contributed by atoms with Crippen molar-refractivity contribution < 1.29 is 14.5 Å². The minimum absolute atomic E-state index is 0.0936. The highest BCUT2D eigenvalue weighted by Crippen LogP contribution is 2.40. The molecule has 0 aliphatic heterocycles. The van der Waals surface area contributed by atoms with Gasteiger partial charge in [-0.3, -0.25) is 14.9 Å². The second-order valence-corrected chi connectivity index (χ2v) is 9.24. The first kappa shape index (κ1) is 20.5. The third-order valence-corrected chi connectivity index (χ3v) is 7.22. The molecule has 2 heterocycles. The average Bonchev–Trinajstić information content (AvgIpc) is 3.10. The summed E-state index contributed by atoms with van der Waals surface area (Å²) >= 11 is 3.04. The van der Waals surface area contributed by atoms with Crippen LogP contribution in [0.1, 0.15) is 23.8 Å². The summed E-state index contributed by atoms with van der Waals surface area (Å²) < 4.78 is 5.02. The van der Waals surface area contributed by atoms with Crippen LogP contribution in [-0.2, 0) is 17.6 Å². The predicted octanol–water partition coefficient (Wildman–Crippen LogP) is 4.46. The third-order valence-electron chi connectivity index (χ3n) is 5.07. The molecule has 1 N–H and O–H groups in total. The summed E-state index contributed by atoms with van der Waals surface area (Å²) in [6.45, 7) is 2.26. The van der Waals surface area contributed by atoms with Gasteiger partial charge in [0.25, 0.3) is 5.69 Å². The van der Waals surface area contributed by atoms with Gasteiger partial charge in [-0.1, -0.05) is 18.7 Å². The summed E-state index contributed by atoms with van der Waals surface area (Å²) in [5, 5.41) is 15.8. The largest absolute Gasteiger partial charge is 0.496 e. The minimum Gasteiger partial charge on any atom is -0.496 e. The summed E-state index contributed by atoms with van der Waals surface area (Å²) in [7, 11) is 1.43. The molecule has 8 nitrogen and oxygen atoms in total. The Balaban J connectivity index is 1.51. The summed E-state index contributed by atoms with van der Waals surface area (Å²) in [6.07, 6.45) is 4.73. The number of nitro groups is 1. The Hall–Kier alpha value is -2.72. The second kappa shape index (κ2) is 8.57. The molecular formula is C20H20N4O4S2. The molecule has 0 fully saturated rings. The number of rotatable bonds is 6. The maximum atomic E-state index is 12.5. The van der Waals surface area contributed by atoms with Crippen molar-refractivity contribution in [2.24, 2.45) is 5.92 Å². The standard InChI is InChI=1S/C20H20N4O4S2/c1-11-3-5-13-16(7-11)30-20-18(13)19(21-10-22-20)29-9-17(25)23-14-6-4-12(28-2)8-15(14)24(26)27/h4,6,8,10-11H,3,5,7,9H2,1-2H3,(H,23,25)/t11-/m0/s1. The number of amides is 1. The highest BCUT2D eigenvalue weighted by atomic mass is 32.2. The molecule has 10 heteroatoms. The number of anilines is 1. The number of nitro benzene ring substituents is 1. The normalized spacial score (nSPS) is 15.6. The van der Waals surface area contributed by atoms with Crippen LogP contribution in [0.3, 0.4) is 0 Å². The molecule has 0 unspecified atom stereocenters. The Morgan fingerprint density at radius 2 is 2.27 bits per heavy atom. The maximum absolute atomic E-state index is 12.5. The minimum atomic E-state index is -0.544. The van der Waals surface area contributed by atoms with Crippen LogP contribution in [-0.4, -0.2) is 33.7 Å². The molecule has 0 radical (unpaired) electrons.